The van der Waals surface area contributed by atoms with Crippen molar-refractivity contribution in [1.29, 1.82) is 0 Å². The van der Waals surface area contributed by atoms with Crippen molar-refractivity contribution >= 4 is 15.9 Å². The Labute approximate surface area is 191 Å². The molecule has 2 heterocycles. The third-order valence-electron chi connectivity index (χ3n) is 8.16. The van der Waals surface area contributed by atoms with Gasteiger partial charge in [0.05, 0.1) is 4.90 Å². The molecule has 5 rings (SSSR count). The molecule has 0 aromatic heterocycles. The van der Waals surface area contributed by atoms with Gasteiger partial charge in [-0.1, -0.05) is 49.4 Å². The van der Waals surface area contributed by atoms with Crippen LogP contribution in [0.3, 0.4) is 0 Å². The Morgan fingerprint density at radius 1 is 0.938 bits per heavy atom. The molecule has 5 nitrogen and oxygen atoms in total. The average molecular weight is 453 g/mol. The van der Waals surface area contributed by atoms with Gasteiger partial charge in [0.15, 0.2) is 0 Å². The minimum atomic E-state index is -3.60. The summed E-state index contributed by atoms with van der Waals surface area (Å²) in [5.41, 5.74) is 2.02. The predicted octanol–water partition coefficient (Wildman–Crippen LogP) is 4.59. The van der Waals surface area contributed by atoms with Gasteiger partial charge in [0.2, 0.25) is 15.9 Å². The molecule has 170 valence electrons. The van der Waals surface area contributed by atoms with E-state index < -0.39 is 10.0 Å². The number of hydrogen-bond donors (Lipinski definition) is 1. The van der Waals surface area contributed by atoms with Gasteiger partial charge in [-0.05, 0) is 73.6 Å². The van der Waals surface area contributed by atoms with Crippen molar-refractivity contribution in [2.24, 2.45) is 11.8 Å². The second-order valence-electron chi connectivity index (χ2n) is 9.77. The van der Waals surface area contributed by atoms with Crippen LogP contribution in [0.2, 0.25) is 0 Å². The van der Waals surface area contributed by atoms with Crippen LogP contribution in [0.4, 0.5) is 0 Å². The van der Waals surface area contributed by atoms with Gasteiger partial charge in [-0.3, -0.25) is 4.79 Å². The van der Waals surface area contributed by atoms with Crippen LogP contribution in [0.1, 0.15) is 51.9 Å². The number of amides is 1. The molecule has 3 fully saturated rings. The van der Waals surface area contributed by atoms with E-state index in [4.69, 9.17) is 0 Å². The number of benzene rings is 2. The molecule has 2 aliphatic heterocycles. The molecule has 3 aliphatic rings. The third-order valence-corrected chi connectivity index (χ3v) is 9.67. The Hall–Kier alpha value is -2.18. The fraction of sp³-hybridized carbons (Fsp3) is 0.500. The molecular formula is C26H32N2O3S. The van der Waals surface area contributed by atoms with Gasteiger partial charge < -0.3 is 4.90 Å². The van der Waals surface area contributed by atoms with Crippen molar-refractivity contribution < 1.29 is 13.2 Å². The average Bonchev–Trinajstić information content (AvgIpc) is 3.17. The summed E-state index contributed by atoms with van der Waals surface area (Å²) in [6.45, 7) is 3.05. The van der Waals surface area contributed by atoms with E-state index in [1.54, 1.807) is 12.1 Å². The van der Waals surface area contributed by atoms with Crippen LogP contribution in [-0.4, -0.2) is 37.4 Å². The van der Waals surface area contributed by atoms with Crippen molar-refractivity contribution in [2.45, 2.75) is 68.3 Å². The quantitative estimate of drug-likeness (QED) is 0.738. The van der Waals surface area contributed by atoms with Gasteiger partial charge in [-0.2, -0.15) is 0 Å². The predicted molar refractivity (Wildman–Crippen MR) is 125 cm³/mol. The number of hydrogen-bond acceptors (Lipinski definition) is 3. The summed E-state index contributed by atoms with van der Waals surface area (Å²) in [6, 6.07) is 17.0. The van der Waals surface area contributed by atoms with E-state index in [0.29, 0.717) is 23.1 Å². The minimum Gasteiger partial charge on any atom is -0.337 e. The van der Waals surface area contributed by atoms with Gasteiger partial charge in [-0.25, -0.2) is 13.1 Å². The lowest BCUT2D eigenvalue weighted by molar-refractivity contribution is -0.138. The lowest BCUT2D eigenvalue weighted by Crippen LogP contribution is -2.59. The van der Waals surface area contributed by atoms with E-state index in [1.165, 1.54) is 0 Å². The first-order chi connectivity index (χ1) is 15.4. The fourth-order valence-electron chi connectivity index (χ4n) is 6.57. The van der Waals surface area contributed by atoms with Crippen LogP contribution in [0, 0.1) is 11.8 Å². The molecule has 2 aromatic carbocycles. The summed E-state index contributed by atoms with van der Waals surface area (Å²) in [4.78, 5) is 15.2. The van der Waals surface area contributed by atoms with Crippen LogP contribution in [0.25, 0.3) is 11.1 Å². The molecular weight excluding hydrogens is 420 g/mol. The van der Waals surface area contributed by atoms with Crippen molar-refractivity contribution in [1.82, 2.24) is 9.62 Å². The summed E-state index contributed by atoms with van der Waals surface area (Å²) in [5, 5.41) is 0. The zero-order valence-corrected chi connectivity index (χ0v) is 19.5. The number of carbonyl (C=O) groups is 1. The van der Waals surface area contributed by atoms with Crippen LogP contribution < -0.4 is 4.72 Å². The molecule has 1 saturated carbocycles. The molecule has 1 N–H and O–H groups in total. The summed E-state index contributed by atoms with van der Waals surface area (Å²) in [6.07, 6.45) is 6.36. The number of carbonyl (C=O) groups excluding carboxylic acids is 1. The molecule has 2 aromatic rings. The summed E-state index contributed by atoms with van der Waals surface area (Å²) < 4.78 is 29.5. The smallest absolute Gasteiger partial charge is 0.240 e. The largest absolute Gasteiger partial charge is 0.337 e. The normalized spacial score (nSPS) is 30.5. The van der Waals surface area contributed by atoms with E-state index in [1.807, 2.05) is 42.5 Å². The molecule has 4 atom stereocenters. The summed E-state index contributed by atoms with van der Waals surface area (Å²) in [5.74, 6) is 0.863. The highest BCUT2D eigenvalue weighted by molar-refractivity contribution is 7.89. The minimum absolute atomic E-state index is 0.0493. The van der Waals surface area contributed by atoms with E-state index >= 15 is 0 Å². The molecule has 0 radical (unpaired) electrons. The highest BCUT2D eigenvalue weighted by Gasteiger charge is 2.55. The molecule has 6 heteroatoms. The van der Waals surface area contributed by atoms with E-state index in [0.717, 1.165) is 56.2 Å². The second kappa shape index (κ2) is 8.31. The lowest BCUT2D eigenvalue weighted by Gasteiger charge is -2.52. The van der Waals surface area contributed by atoms with Crippen molar-refractivity contribution in [3.63, 3.8) is 0 Å². The Bertz CT molecular complexity index is 1080. The molecule has 0 unspecified atom stereocenters. The van der Waals surface area contributed by atoms with E-state index in [-0.39, 0.29) is 17.5 Å². The molecule has 1 amide bonds. The maximum Gasteiger partial charge on any atom is 0.240 e. The summed E-state index contributed by atoms with van der Waals surface area (Å²) in [7, 11) is -3.60. The van der Waals surface area contributed by atoms with Gasteiger partial charge in [-0.15, -0.1) is 0 Å². The van der Waals surface area contributed by atoms with Crippen LogP contribution in [0.5, 0.6) is 0 Å². The zero-order valence-electron chi connectivity index (χ0n) is 18.7. The maximum absolute atomic E-state index is 13.2. The lowest BCUT2D eigenvalue weighted by atomic mass is 9.63. The first-order valence-corrected chi connectivity index (χ1v) is 13.4. The molecule has 2 saturated heterocycles. The Morgan fingerprint density at radius 3 is 2.41 bits per heavy atom. The third kappa shape index (κ3) is 3.67. The number of sulfonamides is 1. The number of nitrogens with one attached hydrogen (secondary N) is 1. The maximum atomic E-state index is 13.2. The first-order valence-electron chi connectivity index (χ1n) is 11.9. The van der Waals surface area contributed by atoms with Gasteiger partial charge in [0.25, 0.3) is 0 Å². The zero-order chi connectivity index (χ0) is 22.3. The van der Waals surface area contributed by atoms with Crippen LogP contribution in [-0.2, 0) is 14.8 Å². The molecule has 1 spiro atoms. The monoisotopic (exact) mass is 452 g/mol. The fourth-order valence-corrected chi connectivity index (χ4v) is 7.93. The van der Waals surface area contributed by atoms with E-state index in [9.17, 15) is 13.2 Å². The van der Waals surface area contributed by atoms with Gasteiger partial charge in [0, 0.05) is 24.5 Å². The van der Waals surface area contributed by atoms with Gasteiger partial charge >= 0.3 is 0 Å². The van der Waals surface area contributed by atoms with Crippen molar-refractivity contribution in [3.05, 3.63) is 54.6 Å². The molecule has 0 bridgehead atoms. The molecule has 32 heavy (non-hydrogen) atoms. The number of rotatable bonds is 4. The van der Waals surface area contributed by atoms with Gasteiger partial charge in [0.1, 0.15) is 0 Å². The highest BCUT2D eigenvalue weighted by Crippen LogP contribution is 2.51. The Balaban J connectivity index is 1.34. The topological polar surface area (TPSA) is 66.5 Å². The number of nitrogens with zero attached hydrogens (tertiary/aromatic N) is 1. The van der Waals surface area contributed by atoms with Crippen LogP contribution in [0.15, 0.2) is 59.5 Å². The van der Waals surface area contributed by atoms with Crippen molar-refractivity contribution in [2.75, 3.05) is 6.54 Å². The van der Waals surface area contributed by atoms with E-state index in [2.05, 4.69) is 16.5 Å². The second-order valence-corrected chi connectivity index (χ2v) is 11.5. The SMILES string of the molecule is C[C@H]1[C@@H](NS(=O)(=O)c2ccc(-c3ccccc3)cc2)CC[C@@]23CCCN2C(=O)CCC[C@@H]13. The first kappa shape index (κ1) is 21.7. The van der Waals surface area contributed by atoms with Crippen molar-refractivity contribution in [3.8, 4) is 11.1 Å². The summed E-state index contributed by atoms with van der Waals surface area (Å²) >= 11 is 0. The van der Waals surface area contributed by atoms with Crippen LogP contribution >= 0.6 is 0 Å². The Kier molecular flexibility index (Phi) is 5.62. The molecule has 1 aliphatic carbocycles. The standard InChI is InChI=1S/C26H32N2O3S/c1-19-23-9-5-10-25(29)28-18-6-16-26(23,28)17-15-24(19)27-32(30,31)22-13-11-21(12-14-22)20-7-3-2-4-8-20/h2-4,7-8,11-14,19,23-24,27H,5-6,9-10,15-18H2,1H3/t19-,23+,24+,26-/m1/s1. The highest BCUT2D eigenvalue weighted by atomic mass is 32.2. The Morgan fingerprint density at radius 2 is 1.66 bits per heavy atom.